The van der Waals surface area contributed by atoms with E-state index in [4.69, 9.17) is 32.9 Å². The number of aryl methyl sites for hydroxylation is 2. The predicted molar refractivity (Wildman–Crippen MR) is 174 cm³/mol. The number of benzene rings is 2. The maximum atomic E-state index is 13.1. The van der Waals surface area contributed by atoms with E-state index in [1.165, 1.54) is 19.3 Å². The van der Waals surface area contributed by atoms with Gasteiger partial charge < -0.3 is 20.7 Å². The summed E-state index contributed by atoms with van der Waals surface area (Å²) in [6.07, 6.45) is 4.55. The zero-order valence-corrected chi connectivity index (χ0v) is 26.6. The average Bonchev–Trinajstić information content (AvgIpc) is 3.64. The third-order valence-corrected chi connectivity index (χ3v) is 9.24. The lowest BCUT2D eigenvalue weighted by Crippen LogP contribution is -2.36. The first-order valence-corrected chi connectivity index (χ1v) is 15.4. The summed E-state index contributed by atoms with van der Waals surface area (Å²) in [5, 5.41) is 14.1. The Labute approximate surface area is 270 Å². The normalized spacial score (nSPS) is 17.2. The van der Waals surface area contributed by atoms with Crippen LogP contribution in [0.1, 0.15) is 52.4 Å². The number of methoxy groups -OCH3 is 1. The summed E-state index contributed by atoms with van der Waals surface area (Å²) in [5.74, 6) is 0.0583. The topological polar surface area (TPSA) is 127 Å². The molecule has 2 aliphatic rings. The molecule has 4 aromatic rings. The van der Waals surface area contributed by atoms with Crippen molar-refractivity contribution < 1.29 is 14.3 Å². The van der Waals surface area contributed by atoms with Crippen molar-refractivity contribution in [1.29, 1.82) is 0 Å². The summed E-state index contributed by atoms with van der Waals surface area (Å²) in [5.41, 5.74) is 5.61. The van der Waals surface area contributed by atoms with Gasteiger partial charge in [-0.3, -0.25) is 14.4 Å². The van der Waals surface area contributed by atoms with Crippen LogP contribution in [0.15, 0.2) is 53.5 Å². The molecule has 6 rings (SSSR count). The molecular weight excluding hydrogens is 615 g/mol. The highest BCUT2D eigenvalue weighted by molar-refractivity contribution is 6.36. The molecule has 0 saturated carbocycles. The van der Waals surface area contributed by atoms with Crippen LogP contribution in [0.4, 0.5) is 5.69 Å². The summed E-state index contributed by atoms with van der Waals surface area (Å²) in [6, 6.07) is 12.9. The molecule has 1 saturated heterocycles. The summed E-state index contributed by atoms with van der Waals surface area (Å²) < 4.78 is 6.88. The largest absolute Gasteiger partial charge is 0.481 e. The third-order valence-electron chi connectivity index (χ3n) is 8.52. The quantitative estimate of drug-likeness (QED) is 0.239. The van der Waals surface area contributed by atoms with Gasteiger partial charge in [0.15, 0.2) is 0 Å². The molecular formula is C33H32Cl2N6O4. The number of fused-ring (bicyclic) bond motifs is 1. The van der Waals surface area contributed by atoms with Crippen LogP contribution in [0.25, 0.3) is 22.4 Å². The summed E-state index contributed by atoms with van der Waals surface area (Å²) in [4.78, 5) is 42.0. The molecule has 3 heterocycles. The number of halogens is 2. The van der Waals surface area contributed by atoms with E-state index in [0.29, 0.717) is 45.8 Å². The molecule has 0 bridgehead atoms. The number of amides is 2. The molecule has 3 N–H and O–H groups in total. The maximum absolute atomic E-state index is 13.1. The third kappa shape index (κ3) is 5.93. The molecule has 0 spiro atoms. The summed E-state index contributed by atoms with van der Waals surface area (Å²) in [6.45, 7) is 2.53. The van der Waals surface area contributed by atoms with Crippen LogP contribution in [0.3, 0.4) is 0 Å². The maximum Gasteiger partial charge on any atom is 0.279 e. The number of hydrogen-bond acceptors (Lipinski definition) is 7. The number of pyridine rings is 1. The lowest BCUT2D eigenvalue weighted by Gasteiger charge is -2.20. The monoisotopic (exact) mass is 646 g/mol. The van der Waals surface area contributed by atoms with Crippen molar-refractivity contribution in [3.05, 3.63) is 91.3 Å². The Morgan fingerprint density at radius 2 is 1.89 bits per heavy atom. The number of rotatable bonds is 8. The number of nitrogens with one attached hydrogen (secondary N) is 3. The van der Waals surface area contributed by atoms with E-state index in [-0.39, 0.29) is 23.6 Å². The first-order valence-electron chi connectivity index (χ1n) is 14.7. The van der Waals surface area contributed by atoms with Gasteiger partial charge in [0.25, 0.3) is 11.5 Å². The van der Waals surface area contributed by atoms with Crippen molar-refractivity contribution in [2.75, 3.05) is 19.0 Å². The van der Waals surface area contributed by atoms with E-state index in [0.717, 1.165) is 51.8 Å². The van der Waals surface area contributed by atoms with Gasteiger partial charge in [-0.2, -0.15) is 5.10 Å². The number of anilines is 1. The molecule has 0 radical (unpaired) electrons. The second-order valence-electron chi connectivity index (χ2n) is 11.3. The molecule has 1 aliphatic heterocycles. The Hall–Kier alpha value is -4.25. The molecule has 0 unspecified atom stereocenters. The molecule has 232 valence electrons. The zero-order valence-electron chi connectivity index (χ0n) is 25.0. The minimum absolute atomic E-state index is 0.0484. The van der Waals surface area contributed by atoms with Gasteiger partial charge in [0, 0.05) is 55.0 Å². The van der Waals surface area contributed by atoms with Crippen molar-refractivity contribution in [1.82, 2.24) is 25.4 Å². The van der Waals surface area contributed by atoms with Crippen molar-refractivity contribution in [3.63, 3.8) is 0 Å². The number of aromatic nitrogens is 3. The van der Waals surface area contributed by atoms with Gasteiger partial charge >= 0.3 is 0 Å². The van der Waals surface area contributed by atoms with E-state index >= 15 is 0 Å². The first kappa shape index (κ1) is 30.8. The Bertz CT molecular complexity index is 1890. The minimum Gasteiger partial charge on any atom is -0.481 e. The molecule has 1 aliphatic carbocycles. The van der Waals surface area contributed by atoms with E-state index in [2.05, 4.69) is 27.1 Å². The Kier molecular flexibility index (Phi) is 8.63. The summed E-state index contributed by atoms with van der Waals surface area (Å²) in [7, 11) is 3.10. The highest BCUT2D eigenvalue weighted by atomic mass is 35.5. The van der Waals surface area contributed by atoms with E-state index in [1.807, 2.05) is 31.2 Å². The highest BCUT2D eigenvalue weighted by Crippen LogP contribution is 2.43. The summed E-state index contributed by atoms with van der Waals surface area (Å²) >= 11 is 13.6. The highest BCUT2D eigenvalue weighted by Gasteiger charge is 2.30. The van der Waals surface area contributed by atoms with Crippen LogP contribution < -0.4 is 26.2 Å². The molecule has 2 aromatic heterocycles. The average molecular weight is 648 g/mol. The predicted octanol–water partition coefficient (Wildman–Crippen LogP) is 5.24. The van der Waals surface area contributed by atoms with Crippen LogP contribution in [0.5, 0.6) is 5.88 Å². The number of ether oxygens (including phenoxy) is 1. The van der Waals surface area contributed by atoms with E-state index in [1.54, 1.807) is 13.2 Å². The standard InChI is InChI=1S/C33H32Cl2N6O4/c1-17-20(9-10-24(34)30(17)40-31(43)23-13-14-37-41(2)33(23)44)21-5-4-6-22(29(21)35)26-15-18-7-11-25(28(18)32(39-26)45-3)36-16-19-8-12-27(42)38-19/h4-6,9-10,13-15,19,25,36H,7-8,11-12,16H2,1-3H3,(H,38,42)(H,40,43)/t19-,25-/m0/s1. The fraction of sp³-hybridized carbons (Fsp3) is 0.303. The lowest BCUT2D eigenvalue weighted by molar-refractivity contribution is -0.119. The zero-order chi connectivity index (χ0) is 31.8. The van der Waals surface area contributed by atoms with Gasteiger partial charge in [0.1, 0.15) is 5.56 Å². The van der Waals surface area contributed by atoms with Crippen molar-refractivity contribution in [2.24, 2.45) is 7.05 Å². The Morgan fingerprint density at radius 1 is 1.09 bits per heavy atom. The van der Waals surface area contributed by atoms with Crippen molar-refractivity contribution in [3.8, 4) is 28.3 Å². The van der Waals surface area contributed by atoms with E-state index in [9.17, 15) is 14.4 Å². The Balaban J connectivity index is 1.31. The van der Waals surface area contributed by atoms with Gasteiger partial charge in [-0.25, -0.2) is 9.67 Å². The Morgan fingerprint density at radius 3 is 2.64 bits per heavy atom. The number of carbonyl (C=O) groups excluding carboxylic acids is 2. The number of hydrogen-bond donors (Lipinski definition) is 3. The number of carbonyl (C=O) groups is 2. The lowest BCUT2D eigenvalue weighted by atomic mass is 9.95. The molecule has 2 aromatic carbocycles. The molecule has 45 heavy (non-hydrogen) atoms. The molecule has 1 fully saturated rings. The molecule has 10 nitrogen and oxygen atoms in total. The van der Waals surface area contributed by atoms with Crippen LogP contribution >= 0.6 is 23.2 Å². The van der Waals surface area contributed by atoms with Crippen LogP contribution in [-0.4, -0.2) is 46.3 Å². The van der Waals surface area contributed by atoms with Crippen LogP contribution in [-0.2, 0) is 18.3 Å². The SMILES string of the molecule is COc1nc(-c2cccc(-c3ccc(Cl)c(NC(=O)c4ccnn(C)c4=O)c3C)c2Cl)cc2c1[C@@H](NC[C@@H]1CCC(=O)N1)CC2. The van der Waals surface area contributed by atoms with Crippen molar-refractivity contribution in [2.45, 2.75) is 44.7 Å². The molecule has 2 atom stereocenters. The van der Waals surface area contributed by atoms with Crippen LogP contribution in [0.2, 0.25) is 10.0 Å². The van der Waals surface area contributed by atoms with Crippen molar-refractivity contribution >= 4 is 40.7 Å². The smallest absolute Gasteiger partial charge is 0.279 e. The minimum atomic E-state index is -0.588. The molecule has 2 amide bonds. The van der Waals surface area contributed by atoms with E-state index < -0.39 is 11.5 Å². The molecule has 12 heteroatoms. The fourth-order valence-corrected chi connectivity index (χ4v) is 6.72. The number of nitrogens with zero attached hydrogens (tertiary/aromatic N) is 3. The van der Waals surface area contributed by atoms with Gasteiger partial charge in [-0.05, 0) is 61.1 Å². The van der Waals surface area contributed by atoms with Crippen LogP contribution in [0, 0.1) is 6.92 Å². The second-order valence-corrected chi connectivity index (χ2v) is 12.1. The van der Waals surface area contributed by atoms with Gasteiger partial charge in [-0.1, -0.05) is 47.5 Å². The van der Waals surface area contributed by atoms with Gasteiger partial charge in [0.2, 0.25) is 11.8 Å². The second kappa shape index (κ2) is 12.6. The van der Waals surface area contributed by atoms with Gasteiger partial charge in [-0.15, -0.1) is 0 Å². The van der Waals surface area contributed by atoms with Gasteiger partial charge in [0.05, 0.1) is 28.5 Å². The fourth-order valence-electron chi connectivity index (χ4n) is 6.14. The first-order chi connectivity index (χ1) is 21.7.